The minimum absolute atomic E-state index is 0.199. The largest absolute Gasteiger partial charge is 0.344 e. The summed E-state index contributed by atoms with van der Waals surface area (Å²) >= 11 is 0. The third kappa shape index (κ3) is 2.70. The summed E-state index contributed by atoms with van der Waals surface area (Å²) < 4.78 is 11.2. The van der Waals surface area contributed by atoms with Gasteiger partial charge in [0.15, 0.2) is 5.79 Å². The van der Waals surface area contributed by atoms with Crippen molar-refractivity contribution in [2.45, 2.75) is 39.9 Å². The highest BCUT2D eigenvalue weighted by Crippen LogP contribution is 2.38. The molecule has 2 aliphatic rings. The highest BCUT2D eigenvalue weighted by atomic mass is 16.7. The molecule has 0 atom stereocenters. The molecule has 17 heavy (non-hydrogen) atoms. The average Bonchev–Trinajstić information content (AvgIpc) is 2.64. The molecular weight excluding hydrogens is 212 g/mol. The Kier molecular flexibility index (Phi) is 3.28. The van der Waals surface area contributed by atoms with Crippen molar-refractivity contribution < 1.29 is 9.47 Å². The molecule has 0 unspecified atom stereocenters. The van der Waals surface area contributed by atoms with Crippen LogP contribution >= 0.6 is 0 Å². The van der Waals surface area contributed by atoms with E-state index in [9.17, 15) is 0 Å². The Balaban J connectivity index is 2.22. The van der Waals surface area contributed by atoms with Crippen LogP contribution in [0.2, 0.25) is 0 Å². The molecule has 0 aromatic rings. The zero-order valence-electron chi connectivity index (χ0n) is 11.2. The molecule has 0 spiro atoms. The van der Waals surface area contributed by atoms with Crippen molar-refractivity contribution in [2.24, 2.45) is 5.41 Å². The lowest BCUT2D eigenvalue weighted by atomic mass is 9.75. The SMILES string of the molecule is CC1=C(/C=C/C2(C)OCCO2)C(C)(C)CC=C1. The number of rotatable bonds is 2. The van der Waals surface area contributed by atoms with E-state index in [1.165, 1.54) is 11.1 Å². The fourth-order valence-electron chi connectivity index (χ4n) is 2.48. The van der Waals surface area contributed by atoms with Crippen LogP contribution in [0.15, 0.2) is 35.5 Å². The highest BCUT2D eigenvalue weighted by molar-refractivity contribution is 5.40. The maximum atomic E-state index is 5.59. The normalized spacial score (nSPS) is 27.1. The van der Waals surface area contributed by atoms with Gasteiger partial charge in [-0.2, -0.15) is 0 Å². The van der Waals surface area contributed by atoms with Crippen molar-refractivity contribution in [3.8, 4) is 0 Å². The first-order valence-corrected chi connectivity index (χ1v) is 6.28. The molecule has 1 heterocycles. The van der Waals surface area contributed by atoms with E-state index < -0.39 is 5.79 Å². The van der Waals surface area contributed by atoms with Crippen LogP contribution in [0.4, 0.5) is 0 Å². The van der Waals surface area contributed by atoms with Gasteiger partial charge in [0.1, 0.15) is 0 Å². The molecule has 1 fully saturated rings. The van der Waals surface area contributed by atoms with E-state index in [1.807, 2.05) is 13.0 Å². The van der Waals surface area contributed by atoms with Crippen molar-refractivity contribution >= 4 is 0 Å². The number of hydrogen-bond acceptors (Lipinski definition) is 2. The molecule has 94 valence electrons. The summed E-state index contributed by atoms with van der Waals surface area (Å²) in [6, 6.07) is 0. The monoisotopic (exact) mass is 234 g/mol. The summed E-state index contributed by atoms with van der Waals surface area (Å²) in [7, 11) is 0. The van der Waals surface area contributed by atoms with E-state index in [0.29, 0.717) is 13.2 Å². The van der Waals surface area contributed by atoms with Crippen LogP contribution < -0.4 is 0 Å². The van der Waals surface area contributed by atoms with Crippen LogP contribution in [0.5, 0.6) is 0 Å². The molecule has 0 radical (unpaired) electrons. The van der Waals surface area contributed by atoms with Crippen molar-refractivity contribution in [1.29, 1.82) is 0 Å². The first-order valence-electron chi connectivity index (χ1n) is 6.28. The average molecular weight is 234 g/mol. The van der Waals surface area contributed by atoms with Gasteiger partial charge in [-0.3, -0.25) is 0 Å². The molecule has 1 aliphatic heterocycles. The molecule has 2 nitrogen and oxygen atoms in total. The van der Waals surface area contributed by atoms with E-state index in [0.717, 1.165) is 6.42 Å². The van der Waals surface area contributed by atoms with Gasteiger partial charge in [0, 0.05) is 0 Å². The molecular formula is C15H22O2. The summed E-state index contributed by atoms with van der Waals surface area (Å²) in [5, 5.41) is 0. The number of ether oxygens (including phenoxy) is 2. The van der Waals surface area contributed by atoms with Crippen LogP contribution in [0.1, 0.15) is 34.1 Å². The van der Waals surface area contributed by atoms with Gasteiger partial charge in [-0.15, -0.1) is 0 Å². The van der Waals surface area contributed by atoms with Crippen LogP contribution in [-0.2, 0) is 9.47 Å². The molecule has 2 heteroatoms. The van der Waals surface area contributed by atoms with Crippen LogP contribution in [0, 0.1) is 5.41 Å². The number of hydrogen-bond donors (Lipinski definition) is 0. The minimum Gasteiger partial charge on any atom is -0.344 e. The van der Waals surface area contributed by atoms with Crippen molar-refractivity contribution in [3.05, 3.63) is 35.5 Å². The van der Waals surface area contributed by atoms with Gasteiger partial charge in [0.25, 0.3) is 0 Å². The maximum Gasteiger partial charge on any atom is 0.185 e. The van der Waals surface area contributed by atoms with Crippen LogP contribution in [0.3, 0.4) is 0 Å². The predicted octanol–water partition coefficient (Wildman–Crippen LogP) is 3.61. The molecule has 1 saturated heterocycles. The molecule has 0 aromatic carbocycles. The summed E-state index contributed by atoms with van der Waals surface area (Å²) in [6.07, 6.45) is 9.74. The van der Waals surface area contributed by atoms with Crippen molar-refractivity contribution in [1.82, 2.24) is 0 Å². The standard InChI is InChI=1S/C15H22O2/c1-12-6-5-8-14(2,3)13(12)7-9-15(4)16-10-11-17-15/h5-7,9H,8,10-11H2,1-4H3/b9-7+. The molecule has 0 amide bonds. The molecule has 0 aromatic heterocycles. The third-order valence-corrected chi connectivity index (χ3v) is 3.56. The Labute approximate surface area is 104 Å². The second kappa shape index (κ2) is 4.43. The topological polar surface area (TPSA) is 18.5 Å². The lowest BCUT2D eigenvalue weighted by Crippen LogP contribution is -2.23. The summed E-state index contributed by atoms with van der Waals surface area (Å²) in [6.45, 7) is 10.1. The van der Waals surface area contributed by atoms with E-state index in [1.54, 1.807) is 0 Å². The van der Waals surface area contributed by atoms with Crippen LogP contribution in [-0.4, -0.2) is 19.0 Å². The smallest absolute Gasteiger partial charge is 0.185 e. The lowest BCUT2D eigenvalue weighted by molar-refractivity contribution is -0.0997. The fraction of sp³-hybridized carbons (Fsp3) is 0.600. The molecule has 2 rings (SSSR count). The number of allylic oxidation sites excluding steroid dienone is 5. The van der Waals surface area contributed by atoms with Gasteiger partial charge < -0.3 is 9.47 Å². The molecule has 0 saturated carbocycles. The second-order valence-electron chi connectivity index (χ2n) is 5.63. The van der Waals surface area contributed by atoms with Gasteiger partial charge in [-0.05, 0) is 42.9 Å². The Morgan fingerprint density at radius 2 is 1.82 bits per heavy atom. The fourth-order valence-corrected chi connectivity index (χ4v) is 2.48. The Morgan fingerprint density at radius 1 is 1.18 bits per heavy atom. The van der Waals surface area contributed by atoms with Gasteiger partial charge in [-0.25, -0.2) is 0 Å². The van der Waals surface area contributed by atoms with E-state index in [-0.39, 0.29) is 5.41 Å². The lowest BCUT2D eigenvalue weighted by Gasteiger charge is -2.30. The summed E-state index contributed by atoms with van der Waals surface area (Å²) in [4.78, 5) is 0. The first kappa shape index (κ1) is 12.6. The van der Waals surface area contributed by atoms with Crippen molar-refractivity contribution in [2.75, 3.05) is 13.2 Å². The molecule has 1 aliphatic carbocycles. The van der Waals surface area contributed by atoms with Crippen LogP contribution in [0.25, 0.3) is 0 Å². The Bertz CT molecular complexity index is 380. The summed E-state index contributed by atoms with van der Waals surface area (Å²) in [5.74, 6) is -0.537. The van der Waals surface area contributed by atoms with Crippen molar-refractivity contribution in [3.63, 3.8) is 0 Å². The summed E-state index contributed by atoms with van der Waals surface area (Å²) in [5.41, 5.74) is 2.91. The first-order chi connectivity index (χ1) is 7.93. The molecule has 0 N–H and O–H groups in total. The zero-order chi connectivity index (χ0) is 12.5. The van der Waals surface area contributed by atoms with Gasteiger partial charge in [0.05, 0.1) is 13.2 Å². The maximum absolute atomic E-state index is 5.59. The molecule has 0 bridgehead atoms. The van der Waals surface area contributed by atoms with E-state index in [4.69, 9.17) is 9.47 Å². The van der Waals surface area contributed by atoms with E-state index >= 15 is 0 Å². The quantitative estimate of drug-likeness (QED) is 0.726. The third-order valence-electron chi connectivity index (χ3n) is 3.56. The predicted molar refractivity (Wildman–Crippen MR) is 69.7 cm³/mol. The van der Waals surface area contributed by atoms with Gasteiger partial charge in [-0.1, -0.05) is 32.1 Å². The highest BCUT2D eigenvalue weighted by Gasteiger charge is 2.29. The minimum atomic E-state index is -0.537. The van der Waals surface area contributed by atoms with E-state index in [2.05, 4.69) is 39.0 Å². The van der Waals surface area contributed by atoms with Gasteiger partial charge >= 0.3 is 0 Å². The second-order valence-corrected chi connectivity index (χ2v) is 5.63. The van der Waals surface area contributed by atoms with Gasteiger partial charge in [0.2, 0.25) is 0 Å². The zero-order valence-corrected chi connectivity index (χ0v) is 11.2. The Morgan fingerprint density at radius 3 is 2.41 bits per heavy atom. The Hall–Kier alpha value is -0.860.